The maximum Gasteiger partial charge on any atom is 0.410 e. The third-order valence-corrected chi connectivity index (χ3v) is 3.86. The standard InChI is InChI=1S/C17H22N2O4/c1-12(2)23-17(22)19-9-7-14(8-10-19)16(21)13-3-5-15(6-4-13)18-11-20/h3-6,11-12,14H,7-10H2,1-2H3,(H,18,20). The van der Waals surface area contributed by atoms with Gasteiger partial charge in [0.05, 0.1) is 6.10 Å². The summed E-state index contributed by atoms with van der Waals surface area (Å²) in [6.07, 6.45) is 1.43. The molecule has 124 valence electrons. The van der Waals surface area contributed by atoms with Gasteiger partial charge in [0.1, 0.15) is 0 Å². The van der Waals surface area contributed by atoms with Crippen LogP contribution in [0.4, 0.5) is 10.5 Å². The van der Waals surface area contributed by atoms with Crippen LogP contribution < -0.4 is 5.32 Å². The van der Waals surface area contributed by atoms with E-state index < -0.39 is 0 Å². The van der Waals surface area contributed by atoms with Crippen LogP contribution in [0.5, 0.6) is 0 Å². The monoisotopic (exact) mass is 318 g/mol. The molecule has 1 N–H and O–H groups in total. The maximum atomic E-state index is 12.5. The number of Topliss-reactive ketones (excluding diaryl/α,β-unsaturated/α-hetero) is 1. The van der Waals surface area contributed by atoms with Crippen molar-refractivity contribution >= 4 is 24.0 Å². The molecule has 0 bridgehead atoms. The van der Waals surface area contributed by atoms with E-state index >= 15 is 0 Å². The lowest BCUT2D eigenvalue weighted by Crippen LogP contribution is -2.41. The lowest BCUT2D eigenvalue weighted by molar-refractivity contribution is -0.105. The van der Waals surface area contributed by atoms with Crippen LogP contribution in [0.1, 0.15) is 37.0 Å². The minimum Gasteiger partial charge on any atom is -0.447 e. The lowest BCUT2D eigenvalue weighted by Gasteiger charge is -2.31. The van der Waals surface area contributed by atoms with Gasteiger partial charge in [-0.25, -0.2) is 4.79 Å². The number of benzene rings is 1. The molecule has 6 nitrogen and oxygen atoms in total. The van der Waals surface area contributed by atoms with Gasteiger partial charge in [-0.1, -0.05) is 0 Å². The van der Waals surface area contributed by atoms with Crippen molar-refractivity contribution in [2.45, 2.75) is 32.8 Å². The number of carbonyl (C=O) groups is 3. The van der Waals surface area contributed by atoms with Crippen LogP contribution in [0.15, 0.2) is 24.3 Å². The largest absolute Gasteiger partial charge is 0.447 e. The number of rotatable bonds is 5. The fraction of sp³-hybridized carbons (Fsp3) is 0.471. The van der Waals surface area contributed by atoms with E-state index in [-0.39, 0.29) is 23.9 Å². The van der Waals surface area contributed by atoms with Gasteiger partial charge in [-0.3, -0.25) is 9.59 Å². The van der Waals surface area contributed by atoms with Crippen LogP contribution in [-0.2, 0) is 9.53 Å². The van der Waals surface area contributed by atoms with E-state index in [0.29, 0.717) is 43.6 Å². The van der Waals surface area contributed by atoms with E-state index in [1.165, 1.54) is 0 Å². The Balaban J connectivity index is 1.90. The average molecular weight is 318 g/mol. The Labute approximate surface area is 135 Å². The highest BCUT2D eigenvalue weighted by molar-refractivity contribution is 5.98. The Morgan fingerprint density at radius 2 is 1.83 bits per heavy atom. The second kappa shape index (κ2) is 7.76. The van der Waals surface area contributed by atoms with Gasteiger partial charge in [0.2, 0.25) is 6.41 Å². The van der Waals surface area contributed by atoms with Crippen molar-refractivity contribution in [1.29, 1.82) is 0 Å². The fourth-order valence-electron chi connectivity index (χ4n) is 2.63. The molecule has 1 fully saturated rings. The molecule has 0 aliphatic carbocycles. The van der Waals surface area contributed by atoms with E-state index in [1.54, 1.807) is 29.2 Å². The molecule has 1 aromatic carbocycles. The number of amides is 2. The topological polar surface area (TPSA) is 75.7 Å². The smallest absolute Gasteiger partial charge is 0.410 e. The first-order chi connectivity index (χ1) is 11.0. The molecule has 1 aliphatic rings. The number of nitrogens with one attached hydrogen (secondary N) is 1. The highest BCUT2D eigenvalue weighted by Crippen LogP contribution is 2.23. The summed E-state index contributed by atoms with van der Waals surface area (Å²) in [6, 6.07) is 6.84. The van der Waals surface area contributed by atoms with Gasteiger partial charge >= 0.3 is 6.09 Å². The van der Waals surface area contributed by atoms with Gasteiger partial charge in [0.15, 0.2) is 5.78 Å². The fourth-order valence-corrected chi connectivity index (χ4v) is 2.63. The number of ketones is 1. The number of piperidine rings is 1. The van der Waals surface area contributed by atoms with E-state index in [9.17, 15) is 14.4 Å². The highest BCUT2D eigenvalue weighted by Gasteiger charge is 2.28. The van der Waals surface area contributed by atoms with Gasteiger partial charge in [0.25, 0.3) is 0 Å². The molecule has 0 aromatic heterocycles. The first-order valence-electron chi connectivity index (χ1n) is 7.81. The molecule has 0 unspecified atom stereocenters. The minimum atomic E-state index is -0.310. The molecule has 0 saturated carbocycles. The zero-order chi connectivity index (χ0) is 16.8. The van der Waals surface area contributed by atoms with Crippen molar-refractivity contribution < 1.29 is 19.1 Å². The van der Waals surface area contributed by atoms with Crippen molar-refractivity contribution in [3.8, 4) is 0 Å². The zero-order valence-corrected chi connectivity index (χ0v) is 13.5. The number of ether oxygens (including phenoxy) is 1. The molecule has 1 aromatic rings. The molecule has 0 spiro atoms. The summed E-state index contributed by atoms with van der Waals surface area (Å²) in [5.74, 6) is 0.00232. The number of hydrogen-bond donors (Lipinski definition) is 1. The first-order valence-corrected chi connectivity index (χ1v) is 7.81. The van der Waals surface area contributed by atoms with E-state index in [0.717, 1.165) is 0 Å². The van der Waals surface area contributed by atoms with E-state index in [4.69, 9.17) is 4.74 Å². The highest BCUT2D eigenvalue weighted by atomic mass is 16.6. The normalized spacial score (nSPS) is 15.3. The Morgan fingerprint density at radius 3 is 2.35 bits per heavy atom. The van der Waals surface area contributed by atoms with Crippen molar-refractivity contribution in [3.63, 3.8) is 0 Å². The quantitative estimate of drug-likeness (QED) is 0.669. The summed E-state index contributed by atoms with van der Waals surface area (Å²) in [7, 11) is 0. The molecule has 1 saturated heterocycles. The van der Waals surface area contributed by atoms with E-state index in [2.05, 4.69) is 5.32 Å². The van der Waals surface area contributed by atoms with Gasteiger partial charge in [0, 0.05) is 30.3 Å². The van der Waals surface area contributed by atoms with Gasteiger partial charge in [-0.15, -0.1) is 0 Å². The SMILES string of the molecule is CC(C)OC(=O)N1CCC(C(=O)c2ccc(NC=O)cc2)CC1. The van der Waals surface area contributed by atoms with Crippen LogP contribution in [0.2, 0.25) is 0 Å². The molecular weight excluding hydrogens is 296 g/mol. The summed E-state index contributed by atoms with van der Waals surface area (Å²) in [5, 5.41) is 2.54. The summed E-state index contributed by atoms with van der Waals surface area (Å²) in [4.78, 5) is 36.4. The predicted molar refractivity (Wildman–Crippen MR) is 86.4 cm³/mol. The number of nitrogens with zero attached hydrogens (tertiary/aromatic N) is 1. The minimum absolute atomic E-state index is 0.0806. The van der Waals surface area contributed by atoms with Crippen LogP contribution >= 0.6 is 0 Å². The Hall–Kier alpha value is -2.37. The molecule has 23 heavy (non-hydrogen) atoms. The molecule has 1 heterocycles. The van der Waals surface area contributed by atoms with Crippen LogP contribution in [0.25, 0.3) is 0 Å². The van der Waals surface area contributed by atoms with Crippen LogP contribution in [-0.4, -0.2) is 42.4 Å². The van der Waals surface area contributed by atoms with Crippen molar-refractivity contribution in [2.24, 2.45) is 5.92 Å². The second-order valence-corrected chi connectivity index (χ2v) is 5.90. The zero-order valence-electron chi connectivity index (χ0n) is 13.5. The Morgan fingerprint density at radius 1 is 1.22 bits per heavy atom. The number of hydrogen-bond acceptors (Lipinski definition) is 4. The molecule has 2 amide bonds. The van der Waals surface area contributed by atoms with Crippen molar-refractivity contribution in [3.05, 3.63) is 29.8 Å². The van der Waals surface area contributed by atoms with Crippen LogP contribution in [0.3, 0.4) is 0 Å². The van der Waals surface area contributed by atoms with Crippen molar-refractivity contribution in [2.75, 3.05) is 18.4 Å². The first kappa shape index (κ1) is 17.0. The van der Waals surface area contributed by atoms with Crippen LogP contribution in [0, 0.1) is 5.92 Å². The lowest BCUT2D eigenvalue weighted by atomic mass is 9.89. The molecule has 0 radical (unpaired) electrons. The van der Waals surface area contributed by atoms with Gasteiger partial charge in [-0.05, 0) is 51.0 Å². The second-order valence-electron chi connectivity index (χ2n) is 5.90. The summed E-state index contributed by atoms with van der Waals surface area (Å²) >= 11 is 0. The Bertz CT molecular complexity index is 560. The molecule has 2 rings (SSSR count). The average Bonchev–Trinajstić information content (AvgIpc) is 2.55. The van der Waals surface area contributed by atoms with Gasteiger partial charge in [-0.2, -0.15) is 0 Å². The summed E-state index contributed by atoms with van der Waals surface area (Å²) < 4.78 is 5.17. The van der Waals surface area contributed by atoms with Crippen molar-refractivity contribution in [1.82, 2.24) is 4.90 Å². The molecule has 0 atom stereocenters. The third-order valence-electron chi connectivity index (χ3n) is 3.86. The number of likely N-dealkylation sites (tertiary alicyclic amines) is 1. The number of carbonyl (C=O) groups excluding carboxylic acids is 3. The summed E-state index contributed by atoms with van der Waals surface area (Å²) in [6.45, 7) is 4.70. The molecular formula is C17H22N2O4. The predicted octanol–water partition coefficient (Wildman–Crippen LogP) is 2.69. The Kier molecular flexibility index (Phi) is 5.73. The molecule has 1 aliphatic heterocycles. The maximum absolute atomic E-state index is 12.5. The summed E-state index contributed by atoms with van der Waals surface area (Å²) in [5.41, 5.74) is 1.28. The number of anilines is 1. The molecule has 6 heteroatoms. The van der Waals surface area contributed by atoms with Gasteiger partial charge < -0.3 is 15.0 Å². The third kappa shape index (κ3) is 4.55. The van der Waals surface area contributed by atoms with E-state index in [1.807, 2.05) is 13.8 Å².